The van der Waals surface area contributed by atoms with Gasteiger partial charge in [0.15, 0.2) is 11.5 Å². The summed E-state index contributed by atoms with van der Waals surface area (Å²) < 4.78 is 0. The van der Waals surface area contributed by atoms with Gasteiger partial charge in [-0.2, -0.15) is 0 Å². The molecule has 0 aliphatic heterocycles. The molecule has 7 heteroatoms. The average Bonchev–Trinajstić information content (AvgIpc) is 2.25. The molecule has 0 saturated heterocycles. The Hall–Kier alpha value is -2.18. The van der Waals surface area contributed by atoms with Crippen molar-refractivity contribution >= 4 is 17.7 Å². The molecule has 0 aromatic carbocycles. The lowest BCUT2D eigenvalue weighted by Gasteiger charge is -2.19. The molecule has 0 spiro atoms. The molecule has 0 aliphatic rings. The van der Waals surface area contributed by atoms with Crippen molar-refractivity contribution in [3.8, 4) is 0 Å². The van der Waals surface area contributed by atoms with E-state index in [1.54, 1.807) is 13.8 Å². The van der Waals surface area contributed by atoms with Gasteiger partial charge < -0.3 is 16.2 Å². The zero-order valence-corrected chi connectivity index (χ0v) is 9.54. The Morgan fingerprint density at radius 2 is 1.94 bits per heavy atom. The number of primary amides is 1. The van der Waals surface area contributed by atoms with Crippen LogP contribution in [-0.2, 0) is 4.79 Å². The lowest BCUT2D eigenvalue weighted by Crippen LogP contribution is -2.35. The summed E-state index contributed by atoms with van der Waals surface area (Å²) in [6.07, 6.45) is 2.67. The monoisotopic (exact) mass is 238 g/mol. The quantitative estimate of drug-likeness (QED) is 0.669. The minimum Gasteiger partial charge on any atom is -0.480 e. The second kappa shape index (κ2) is 5.24. The van der Waals surface area contributed by atoms with Crippen LogP contribution in [0.3, 0.4) is 0 Å². The first-order valence-corrected chi connectivity index (χ1v) is 5.03. The van der Waals surface area contributed by atoms with Crippen LogP contribution < -0.4 is 11.1 Å². The maximum Gasteiger partial charge on any atom is 0.326 e. The zero-order chi connectivity index (χ0) is 13.0. The molecule has 1 unspecified atom stereocenters. The molecular formula is C10H14N4O3. The molecule has 0 radical (unpaired) electrons. The molecule has 0 aliphatic carbocycles. The van der Waals surface area contributed by atoms with Crippen molar-refractivity contribution < 1.29 is 14.7 Å². The van der Waals surface area contributed by atoms with Crippen LogP contribution in [0.2, 0.25) is 0 Å². The van der Waals surface area contributed by atoms with Crippen molar-refractivity contribution in [2.75, 3.05) is 5.32 Å². The highest BCUT2D eigenvalue weighted by atomic mass is 16.4. The van der Waals surface area contributed by atoms with Gasteiger partial charge in [0.25, 0.3) is 5.91 Å². The van der Waals surface area contributed by atoms with Crippen LogP contribution in [0.4, 0.5) is 5.82 Å². The van der Waals surface area contributed by atoms with Gasteiger partial charge in [-0.3, -0.25) is 4.79 Å². The number of anilines is 1. The van der Waals surface area contributed by atoms with E-state index in [9.17, 15) is 9.59 Å². The van der Waals surface area contributed by atoms with Gasteiger partial charge in [0.05, 0.1) is 0 Å². The standard InChI is InChI=1S/C10H14N4O3/c1-5(2)6(10(16)17)14-9-7(8(11)15)12-3-4-13-9/h3-6H,1-2H3,(H2,11,15)(H,13,14)(H,16,17). The highest BCUT2D eigenvalue weighted by Crippen LogP contribution is 2.13. The number of carboxylic acids is 1. The van der Waals surface area contributed by atoms with E-state index in [1.807, 2.05) is 0 Å². The van der Waals surface area contributed by atoms with E-state index >= 15 is 0 Å². The fourth-order valence-electron chi connectivity index (χ4n) is 1.28. The molecule has 0 saturated carbocycles. The van der Waals surface area contributed by atoms with E-state index < -0.39 is 17.9 Å². The predicted octanol–water partition coefficient (Wildman–Crippen LogP) is 0.0966. The van der Waals surface area contributed by atoms with Crippen LogP contribution in [-0.4, -0.2) is 33.0 Å². The molecule has 0 bridgehead atoms. The van der Waals surface area contributed by atoms with Gasteiger partial charge in [-0.1, -0.05) is 13.8 Å². The van der Waals surface area contributed by atoms with Crippen molar-refractivity contribution in [2.24, 2.45) is 11.7 Å². The molecule has 0 fully saturated rings. The second-order valence-electron chi connectivity index (χ2n) is 3.82. The number of carboxylic acid groups (broad SMARTS) is 1. The van der Waals surface area contributed by atoms with Crippen LogP contribution in [0, 0.1) is 5.92 Å². The molecule has 17 heavy (non-hydrogen) atoms. The molecular weight excluding hydrogens is 224 g/mol. The van der Waals surface area contributed by atoms with Crippen molar-refractivity contribution in [3.05, 3.63) is 18.1 Å². The fraction of sp³-hybridized carbons (Fsp3) is 0.400. The molecule has 1 atom stereocenters. The largest absolute Gasteiger partial charge is 0.480 e. The van der Waals surface area contributed by atoms with Crippen LogP contribution >= 0.6 is 0 Å². The van der Waals surface area contributed by atoms with Gasteiger partial charge >= 0.3 is 5.97 Å². The number of hydrogen-bond donors (Lipinski definition) is 3. The smallest absolute Gasteiger partial charge is 0.326 e. The van der Waals surface area contributed by atoms with Crippen LogP contribution in [0.15, 0.2) is 12.4 Å². The number of aliphatic carboxylic acids is 1. The van der Waals surface area contributed by atoms with Crippen molar-refractivity contribution in [2.45, 2.75) is 19.9 Å². The number of hydrogen-bond acceptors (Lipinski definition) is 5. The van der Waals surface area contributed by atoms with Crippen molar-refractivity contribution in [3.63, 3.8) is 0 Å². The summed E-state index contributed by atoms with van der Waals surface area (Å²) >= 11 is 0. The molecule has 1 aromatic rings. The third-order valence-electron chi connectivity index (χ3n) is 2.16. The summed E-state index contributed by atoms with van der Waals surface area (Å²) in [7, 11) is 0. The Bertz CT molecular complexity index is 433. The zero-order valence-electron chi connectivity index (χ0n) is 9.54. The number of nitrogens with one attached hydrogen (secondary N) is 1. The second-order valence-corrected chi connectivity index (χ2v) is 3.82. The minimum absolute atomic E-state index is 0.0700. The first-order chi connectivity index (χ1) is 7.93. The Morgan fingerprint density at radius 3 is 2.41 bits per heavy atom. The molecule has 1 heterocycles. The van der Waals surface area contributed by atoms with E-state index in [-0.39, 0.29) is 17.4 Å². The Kier molecular flexibility index (Phi) is 3.97. The van der Waals surface area contributed by atoms with Gasteiger partial charge in [0.1, 0.15) is 6.04 Å². The van der Waals surface area contributed by atoms with Gasteiger partial charge in [-0.05, 0) is 5.92 Å². The first-order valence-electron chi connectivity index (χ1n) is 5.03. The highest BCUT2D eigenvalue weighted by Gasteiger charge is 2.23. The number of carbonyl (C=O) groups is 2. The van der Waals surface area contributed by atoms with E-state index in [0.29, 0.717) is 0 Å². The van der Waals surface area contributed by atoms with Gasteiger partial charge in [-0.25, -0.2) is 14.8 Å². The number of nitrogens with zero attached hydrogens (tertiary/aromatic N) is 2. The van der Waals surface area contributed by atoms with Crippen LogP contribution in [0.25, 0.3) is 0 Å². The summed E-state index contributed by atoms with van der Waals surface area (Å²) in [6.45, 7) is 3.48. The van der Waals surface area contributed by atoms with E-state index in [4.69, 9.17) is 10.8 Å². The summed E-state index contributed by atoms with van der Waals surface area (Å²) in [5.41, 5.74) is 5.04. The molecule has 1 rings (SSSR count). The van der Waals surface area contributed by atoms with E-state index in [2.05, 4.69) is 15.3 Å². The maximum atomic E-state index is 11.1. The lowest BCUT2D eigenvalue weighted by atomic mass is 10.0. The summed E-state index contributed by atoms with van der Waals surface area (Å²) in [6, 6.07) is -0.857. The predicted molar refractivity (Wildman–Crippen MR) is 60.4 cm³/mol. The van der Waals surface area contributed by atoms with E-state index in [1.165, 1.54) is 12.4 Å². The number of nitrogens with two attached hydrogens (primary N) is 1. The number of rotatable bonds is 5. The highest BCUT2D eigenvalue weighted by molar-refractivity contribution is 5.96. The summed E-state index contributed by atoms with van der Waals surface area (Å²) in [5, 5.41) is 11.7. The first kappa shape index (κ1) is 12.9. The van der Waals surface area contributed by atoms with E-state index in [0.717, 1.165) is 0 Å². The Morgan fingerprint density at radius 1 is 1.35 bits per heavy atom. The molecule has 92 valence electrons. The molecule has 1 aromatic heterocycles. The molecule has 1 amide bonds. The van der Waals surface area contributed by atoms with Gasteiger partial charge in [0, 0.05) is 12.4 Å². The average molecular weight is 238 g/mol. The Balaban J connectivity index is 3.01. The van der Waals surface area contributed by atoms with Crippen molar-refractivity contribution in [1.29, 1.82) is 0 Å². The molecule has 7 nitrogen and oxygen atoms in total. The van der Waals surface area contributed by atoms with Crippen LogP contribution in [0.1, 0.15) is 24.3 Å². The molecule has 4 N–H and O–H groups in total. The van der Waals surface area contributed by atoms with Crippen LogP contribution in [0.5, 0.6) is 0 Å². The fourth-order valence-corrected chi connectivity index (χ4v) is 1.28. The van der Waals surface area contributed by atoms with Gasteiger partial charge in [-0.15, -0.1) is 0 Å². The SMILES string of the molecule is CC(C)C(Nc1nccnc1C(N)=O)C(=O)O. The summed E-state index contributed by atoms with van der Waals surface area (Å²) in [5.74, 6) is -1.87. The van der Waals surface area contributed by atoms with Crippen molar-refractivity contribution in [1.82, 2.24) is 9.97 Å². The maximum absolute atomic E-state index is 11.1. The van der Waals surface area contributed by atoms with Gasteiger partial charge in [0.2, 0.25) is 0 Å². The number of aromatic nitrogens is 2. The Labute approximate surface area is 98.1 Å². The topological polar surface area (TPSA) is 118 Å². The number of carbonyl (C=O) groups excluding carboxylic acids is 1. The third kappa shape index (κ3) is 3.13. The minimum atomic E-state index is -1.03. The number of amides is 1. The summed E-state index contributed by atoms with van der Waals surface area (Å²) in [4.78, 5) is 29.7. The third-order valence-corrected chi connectivity index (χ3v) is 2.16. The normalized spacial score (nSPS) is 12.2. The lowest BCUT2D eigenvalue weighted by molar-refractivity contribution is -0.138.